The number of carbonyl (C=O) groups excluding carboxylic acids is 2. The summed E-state index contributed by atoms with van der Waals surface area (Å²) in [4.78, 5) is 28.9. The normalized spacial score (nSPS) is 11.8. The van der Waals surface area contributed by atoms with Crippen LogP contribution in [0, 0.1) is 6.92 Å². The van der Waals surface area contributed by atoms with E-state index in [-0.39, 0.29) is 11.8 Å². The quantitative estimate of drug-likeness (QED) is 0.558. The molecule has 1 unspecified atom stereocenters. The lowest BCUT2D eigenvalue weighted by Gasteiger charge is -2.11. The fraction of sp³-hybridized carbons (Fsp3) is 0.174. The molecule has 0 saturated heterocycles. The molecule has 1 heterocycles. The van der Waals surface area contributed by atoms with E-state index < -0.39 is 6.04 Å². The lowest BCUT2D eigenvalue weighted by molar-refractivity contribution is -0.123. The van der Waals surface area contributed by atoms with E-state index in [1.54, 1.807) is 20.1 Å². The monoisotopic (exact) mass is 421 g/mol. The van der Waals surface area contributed by atoms with Crippen LogP contribution in [-0.2, 0) is 9.59 Å². The number of methoxy groups -OCH3 is 1. The van der Waals surface area contributed by atoms with Gasteiger partial charge in [-0.2, -0.15) is 0 Å². The fourth-order valence-corrected chi connectivity index (χ4v) is 3.34. The summed E-state index contributed by atoms with van der Waals surface area (Å²) in [7, 11) is 1.60. The van der Waals surface area contributed by atoms with Gasteiger partial charge in [-0.1, -0.05) is 42.0 Å². The van der Waals surface area contributed by atoms with Crippen LogP contribution in [0.5, 0.6) is 5.75 Å². The van der Waals surface area contributed by atoms with Crippen LogP contribution in [0.3, 0.4) is 0 Å². The second-order valence-electron chi connectivity index (χ2n) is 6.73. The van der Waals surface area contributed by atoms with E-state index in [2.05, 4.69) is 15.6 Å². The molecule has 0 saturated carbocycles. The number of nitrogens with one attached hydrogen (secondary N) is 2. The van der Waals surface area contributed by atoms with E-state index in [0.717, 1.165) is 22.6 Å². The molecule has 2 amide bonds. The highest BCUT2D eigenvalue weighted by Gasteiger charge is 2.16. The number of hydrogen-bond acceptors (Lipinski definition) is 5. The first-order valence-electron chi connectivity index (χ1n) is 9.40. The first-order valence-corrected chi connectivity index (χ1v) is 10.3. The lowest BCUT2D eigenvalue weighted by Crippen LogP contribution is -2.40. The van der Waals surface area contributed by atoms with Crippen molar-refractivity contribution in [3.63, 3.8) is 0 Å². The Kier molecular flexibility index (Phi) is 6.98. The predicted octanol–water partition coefficient (Wildman–Crippen LogP) is 4.28. The molecule has 2 N–H and O–H groups in total. The zero-order valence-corrected chi connectivity index (χ0v) is 17.8. The summed E-state index contributed by atoms with van der Waals surface area (Å²) in [5.74, 6) is 0.0635. The van der Waals surface area contributed by atoms with E-state index in [0.29, 0.717) is 5.13 Å². The van der Waals surface area contributed by atoms with Gasteiger partial charge in [0.25, 0.3) is 0 Å². The second-order valence-corrected chi connectivity index (χ2v) is 7.59. The van der Waals surface area contributed by atoms with Crippen molar-refractivity contribution in [2.24, 2.45) is 0 Å². The van der Waals surface area contributed by atoms with E-state index in [1.165, 1.54) is 23.0 Å². The Morgan fingerprint density at radius 3 is 2.47 bits per heavy atom. The number of anilines is 1. The van der Waals surface area contributed by atoms with Gasteiger partial charge in [-0.25, -0.2) is 4.98 Å². The van der Waals surface area contributed by atoms with Crippen LogP contribution < -0.4 is 15.4 Å². The van der Waals surface area contributed by atoms with Gasteiger partial charge in [0, 0.05) is 17.0 Å². The van der Waals surface area contributed by atoms with Crippen molar-refractivity contribution in [1.29, 1.82) is 0 Å². The molecule has 2 aromatic carbocycles. The third-order valence-electron chi connectivity index (χ3n) is 4.38. The molecule has 0 aliphatic rings. The molecule has 0 bridgehead atoms. The van der Waals surface area contributed by atoms with Gasteiger partial charge in [0.2, 0.25) is 11.8 Å². The van der Waals surface area contributed by atoms with Gasteiger partial charge >= 0.3 is 0 Å². The van der Waals surface area contributed by atoms with E-state index in [9.17, 15) is 9.59 Å². The van der Waals surface area contributed by atoms with Crippen molar-refractivity contribution in [2.75, 3.05) is 12.4 Å². The van der Waals surface area contributed by atoms with Crippen LogP contribution in [-0.4, -0.2) is 29.9 Å². The van der Waals surface area contributed by atoms with Crippen molar-refractivity contribution < 1.29 is 14.3 Å². The number of aromatic nitrogens is 1. The van der Waals surface area contributed by atoms with E-state index >= 15 is 0 Å². The van der Waals surface area contributed by atoms with E-state index in [1.807, 2.05) is 60.8 Å². The molecular formula is C23H23N3O3S. The summed E-state index contributed by atoms with van der Waals surface area (Å²) in [5.41, 5.74) is 3.82. The minimum Gasteiger partial charge on any atom is -0.497 e. The number of thiazole rings is 1. The van der Waals surface area contributed by atoms with Crippen LogP contribution in [0.2, 0.25) is 0 Å². The zero-order chi connectivity index (χ0) is 21.5. The average Bonchev–Trinajstić information content (AvgIpc) is 3.21. The van der Waals surface area contributed by atoms with Crippen LogP contribution >= 0.6 is 11.3 Å². The van der Waals surface area contributed by atoms with Crippen LogP contribution in [0.4, 0.5) is 5.13 Å². The average molecular weight is 422 g/mol. The Hall–Kier alpha value is -3.45. The van der Waals surface area contributed by atoms with Crippen LogP contribution in [0.15, 0.2) is 60.0 Å². The maximum Gasteiger partial charge on any atom is 0.248 e. The van der Waals surface area contributed by atoms with Crippen molar-refractivity contribution in [1.82, 2.24) is 10.3 Å². The Bertz CT molecular complexity index is 1040. The molecule has 0 spiro atoms. The van der Waals surface area contributed by atoms with Gasteiger partial charge in [-0.15, -0.1) is 11.3 Å². The molecule has 154 valence electrons. The maximum atomic E-state index is 12.4. The Morgan fingerprint density at radius 2 is 1.80 bits per heavy atom. The van der Waals surface area contributed by atoms with Crippen LogP contribution in [0.1, 0.15) is 18.1 Å². The Balaban J connectivity index is 1.53. The van der Waals surface area contributed by atoms with Gasteiger partial charge in [-0.05, 0) is 37.6 Å². The Labute approximate surface area is 179 Å². The first-order chi connectivity index (χ1) is 14.4. The summed E-state index contributed by atoms with van der Waals surface area (Å²) in [5, 5.41) is 7.78. The summed E-state index contributed by atoms with van der Waals surface area (Å²) < 4.78 is 5.10. The zero-order valence-electron chi connectivity index (χ0n) is 17.0. The number of hydrogen-bond donors (Lipinski definition) is 2. The number of amides is 2. The third kappa shape index (κ3) is 5.78. The molecule has 30 heavy (non-hydrogen) atoms. The number of nitrogens with zero attached hydrogens (tertiary/aromatic N) is 1. The van der Waals surface area contributed by atoms with Gasteiger partial charge in [0.15, 0.2) is 5.13 Å². The molecule has 3 aromatic rings. The standard InChI is InChI=1S/C23H23N3O3S/c1-15-4-9-18(10-5-15)20-14-30-23(25-20)26-22(28)16(2)24-21(27)13-8-17-6-11-19(29-3)12-7-17/h4-14,16H,1-3H3,(H,24,27)(H,25,26,28)/b13-8+. The lowest BCUT2D eigenvalue weighted by atomic mass is 10.1. The molecule has 0 radical (unpaired) electrons. The molecule has 3 rings (SSSR count). The fourth-order valence-electron chi connectivity index (χ4n) is 2.62. The van der Waals surface area contributed by atoms with Gasteiger partial charge in [-0.3, -0.25) is 9.59 Å². The topological polar surface area (TPSA) is 80.3 Å². The molecule has 6 nitrogen and oxygen atoms in total. The number of rotatable bonds is 7. The van der Waals surface area contributed by atoms with Gasteiger partial charge < -0.3 is 15.4 Å². The number of ether oxygens (including phenoxy) is 1. The molecular weight excluding hydrogens is 398 g/mol. The third-order valence-corrected chi connectivity index (χ3v) is 5.13. The first kappa shape index (κ1) is 21.3. The largest absolute Gasteiger partial charge is 0.497 e. The summed E-state index contributed by atoms with van der Waals surface area (Å²) in [6, 6.07) is 14.6. The summed E-state index contributed by atoms with van der Waals surface area (Å²) >= 11 is 1.34. The molecule has 1 atom stereocenters. The molecule has 0 aliphatic carbocycles. The number of benzene rings is 2. The molecule has 0 fully saturated rings. The van der Waals surface area contributed by atoms with Crippen molar-refractivity contribution in [3.8, 4) is 17.0 Å². The Morgan fingerprint density at radius 1 is 1.10 bits per heavy atom. The predicted molar refractivity (Wildman–Crippen MR) is 121 cm³/mol. The van der Waals surface area contributed by atoms with Crippen molar-refractivity contribution in [2.45, 2.75) is 19.9 Å². The minimum atomic E-state index is -0.704. The summed E-state index contributed by atoms with van der Waals surface area (Å²) in [6.07, 6.45) is 3.07. The summed E-state index contributed by atoms with van der Waals surface area (Å²) in [6.45, 7) is 3.65. The number of carbonyl (C=O) groups is 2. The molecule has 7 heteroatoms. The number of aryl methyl sites for hydroxylation is 1. The van der Waals surface area contributed by atoms with Gasteiger partial charge in [0.1, 0.15) is 11.8 Å². The van der Waals surface area contributed by atoms with Crippen LogP contribution in [0.25, 0.3) is 17.3 Å². The van der Waals surface area contributed by atoms with Crippen molar-refractivity contribution >= 4 is 34.4 Å². The molecule has 0 aliphatic heterocycles. The smallest absolute Gasteiger partial charge is 0.248 e. The highest BCUT2D eigenvalue weighted by molar-refractivity contribution is 7.14. The highest BCUT2D eigenvalue weighted by atomic mass is 32.1. The van der Waals surface area contributed by atoms with E-state index in [4.69, 9.17) is 4.74 Å². The minimum absolute atomic E-state index is 0.328. The van der Waals surface area contributed by atoms with Gasteiger partial charge in [0.05, 0.1) is 12.8 Å². The SMILES string of the molecule is COc1ccc(/C=C/C(=O)NC(C)C(=O)Nc2nc(-c3ccc(C)cc3)cs2)cc1. The highest BCUT2D eigenvalue weighted by Crippen LogP contribution is 2.25. The maximum absolute atomic E-state index is 12.4. The second kappa shape index (κ2) is 9.84. The molecule has 1 aromatic heterocycles. The van der Waals surface area contributed by atoms with Crippen molar-refractivity contribution in [3.05, 3.63) is 71.1 Å².